The molecule has 0 bridgehead atoms. The topological polar surface area (TPSA) is 132 Å². The Kier molecular flexibility index (Phi) is 26.4. The lowest BCUT2D eigenvalue weighted by molar-refractivity contribution is 0.582. The number of hydrogen-bond donors (Lipinski definition) is 4. The molecule has 4 aromatic heterocycles. The fourth-order valence-corrected chi connectivity index (χ4v) is 24.4. The lowest BCUT2D eigenvalue weighted by atomic mass is 10.1. The smallest absolute Gasteiger partial charge is 0.285 e. The highest BCUT2D eigenvalue weighted by Gasteiger charge is 2.41. The molecule has 0 aliphatic rings. The van der Waals surface area contributed by atoms with E-state index in [1.807, 2.05) is 413 Å². The van der Waals surface area contributed by atoms with Gasteiger partial charge in [0.2, 0.25) is 0 Å². The van der Waals surface area contributed by atoms with Crippen LogP contribution in [0.2, 0.25) is 0 Å². The summed E-state index contributed by atoms with van der Waals surface area (Å²) in [6.07, 6.45) is 14.3. The van der Waals surface area contributed by atoms with Crippen molar-refractivity contribution in [3.8, 4) is 22.3 Å². The summed E-state index contributed by atoms with van der Waals surface area (Å²) in [5.41, 5.74) is 4.69. The zero-order chi connectivity index (χ0) is 71.8. The number of aromatic nitrogens is 4. The van der Waals surface area contributed by atoms with Crippen LogP contribution in [0.3, 0.4) is 0 Å². The molecule has 8 nitrogen and oxygen atoms in total. The predicted octanol–water partition coefficient (Wildman–Crippen LogP) is 10.9. The Bertz CT molecular complexity index is 3980. The van der Waals surface area contributed by atoms with Gasteiger partial charge in [-0.1, -0.05) is 364 Å². The number of nitrogens with zero attached hydrogens (tertiary/aromatic N) is 4. The maximum Gasteiger partial charge on any atom is 0.285 e. The fourth-order valence-electron chi connectivity index (χ4n) is 12.3. The van der Waals surface area contributed by atoms with Crippen LogP contribution >= 0.6 is 0 Å². The van der Waals surface area contributed by atoms with Crippen molar-refractivity contribution < 1.29 is 19.2 Å². The van der Waals surface area contributed by atoms with Crippen LogP contribution in [-0.4, -0.2) is 72.4 Å². The molecule has 508 valence electrons. The third-order valence-electron chi connectivity index (χ3n) is 17.7. The van der Waals surface area contributed by atoms with Crippen LogP contribution in [0.25, 0.3) is 22.3 Å². The van der Waals surface area contributed by atoms with E-state index in [1.165, 1.54) is 22.3 Å². The molecule has 12 aromatic carbocycles. The second-order valence-electron chi connectivity index (χ2n) is 24.2. The van der Waals surface area contributed by atoms with Crippen molar-refractivity contribution in [1.29, 1.82) is 0 Å². The summed E-state index contributed by atoms with van der Waals surface area (Å²) in [6, 6.07) is 136. The van der Waals surface area contributed by atoms with Crippen LogP contribution in [0, 0.1) is 0 Å². The van der Waals surface area contributed by atoms with E-state index in [4.69, 9.17) is 0 Å². The Balaban J connectivity index is 0.000000126. The average Bonchev–Trinajstić information content (AvgIpc) is 0.792. The van der Waals surface area contributed by atoms with Crippen molar-refractivity contribution in [2.45, 2.75) is 0 Å². The third kappa shape index (κ3) is 18.5. The van der Waals surface area contributed by atoms with Crippen LogP contribution in [0.15, 0.2) is 462 Å². The lowest BCUT2D eigenvalue weighted by Gasteiger charge is -2.26. The van der Waals surface area contributed by atoms with E-state index in [0.29, 0.717) is 0 Å². The largest absolute Gasteiger partial charge is 0.421 e. The van der Waals surface area contributed by atoms with Crippen molar-refractivity contribution in [3.05, 3.63) is 462 Å². The zero-order valence-electron chi connectivity index (χ0n) is 57.5. The predicted molar refractivity (Wildman–Crippen MR) is 440 cm³/mol. The first-order chi connectivity index (χ1) is 51.2. The first-order valence-corrected chi connectivity index (χ1v) is 42.2. The average molecular weight is 1420 g/mol. The van der Waals surface area contributed by atoms with Crippen LogP contribution in [0.5, 0.6) is 0 Å². The maximum absolute atomic E-state index is 11.6. The normalized spacial score (nSPS) is 10.9. The molecule has 0 atom stereocenters. The van der Waals surface area contributed by atoms with Gasteiger partial charge in [-0.3, -0.25) is 19.9 Å². The minimum Gasteiger partial charge on any atom is -0.421 e. The van der Waals surface area contributed by atoms with Gasteiger partial charge in [0.05, 0.1) is 0 Å². The third-order valence-corrected chi connectivity index (χ3v) is 31.7. The molecule has 0 spiro atoms. The van der Waals surface area contributed by atoms with E-state index in [-0.39, 0.29) is 0 Å². The van der Waals surface area contributed by atoms with Gasteiger partial charge in [0.25, 0.3) is 33.3 Å². The summed E-state index contributed by atoms with van der Waals surface area (Å²) in [4.78, 5) is 62.1. The molecule has 16 rings (SSSR count). The van der Waals surface area contributed by atoms with Crippen molar-refractivity contribution in [2.75, 3.05) is 0 Å². The van der Waals surface area contributed by atoms with Crippen LogP contribution < -0.4 is 62.2 Å². The summed E-state index contributed by atoms with van der Waals surface area (Å²) in [6.45, 7) is 0. The highest BCUT2D eigenvalue weighted by Crippen LogP contribution is 2.18. The van der Waals surface area contributed by atoms with Crippen LogP contribution in [0.1, 0.15) is 0 Å². The number of hydrogen-bond acceptors (Lipinski definition) is 8. The van der Waals surface area contributed by atoms with Gasteiger partial charge in [-0.15, -0.1) is 0 Å². The lowest BCUT2D eigenvalue weighted by Crippen LogP contribution is -2.67. The minimum absolute atomic E-state index is 1.01. The van der Waals surface area contributed by atoms with Crippen molar-refractivity contribution in [2.24, 2.45) is 0 Å². The van der Waals surface area contributed by atoms with E-state index >= 15 is 0 Å². The quantitative estimate of drug-likeness (QED) is 0.0625. The first kappa shape index (κ1) is 73.2. The van der Waals surface area contributed by atoms with Gasteiger partial charge in [-0.2, -0.15) is 0 Å². The van der Waals surface area contributed by atoms with E-state index < -0.39 is 33.3 Å². The standard InChI is InChI=1S/4C18H16OSi.2C10H8N2/c4*19-20(16-10-4-1-5-11-16,17-12-6-2-7-13-17)18-14-8-3-9-15-18;2*1-5-11-6-2-9(1)10-3-7-12-8-4-10/h4*1-15,19H;2*1-8H. The SMILES string of the molecule is O[Si](c1ccccc1)(c1ccccc1)c1ccccc1.O[Si](c1ccccc1)(c1ccccc1)c1ccccc1.O[Si](c1ccccc1)(c1ccccc1)c1ccccc1.O[Si](c1ccccc1)(c1ccccc1)c1ccccc1.c1cc(-c2ccncc2)ccn1.c1cc(-c2ccncc2)ccn1. The summed E-state index contributed by atoms with van der Waals surface area (Å²) in [5.74, 6) is 0. The van der Waals surface area contributed by atoms with Gasteiger partial charge >= 0.3 is 0 Å². The molecule has 0 aliphatic heterocycles. The second-order valence-corrected chi connectivity index (χ2v) is 36.8. The van der Waals surface area contributed by atoms with Crippen LogP contribution in [-0.2, 0) is 0 Å². The van der Waals surface area contributed by atoms with Crippen molar-refractivity contribution >= 4 is 95.5 Å². The molecular weight excluding hydrogens is 1340 g/mol. The Morgan fingerprint density at radius 2 is 0.212 bits per heavy atom. The Morgan fingerprint density at radius 1 is 0.125 bits per heavy atom. The highest BCUT2D eigenvalue weighted by molar-refractivity contribution is 7.08. The first-order valence-electron chi connectivity index (χ1n) is 34.4. The van der Waals surface area contributed by atoms with Gasteiger partial charge in [0.15, 0.2) is 0 Å². The number of benzene rings is 12. The van der Waals surface area contributed by atoms with Gasteiger partial charge < -0.3 is 19.2 Å². The molecule has 0 radical (unpaired) electrons. The number of rotatable bonds is 14. The Morgan fingerprint density at radius 3 is 0.298 bits per heavy atom. The van der Waals surface area contributed by atoms with E-state index in [1.54, 1.807) is 49.6 Å². The molecule has 0 saturated carbocycles. The molecule has 104 heavy (non-hydrogen) atoms. The van der Waals surface area contributed by atoms with E-state index in [2.05, 4.69) is 19.9 Å². The molecule has 12 heteroatoms. The molecule has 0 fully saturated rings. The molecular formula is C92H80N4O4Si4. The zero-order valence-corrected chi connectivity index (χ0v) is 61.5. The molecule has 0 unspecified atom stereocenters. The molecule has 0 amide bonds. The Hall–Kier alpha value is -12.1. The summed E-state index contributed by atoms with van der Waals surface area (Å²) >= 11 is 0. The maximum atomic E-state index is 11.6. The van der Waals surface area contributed by atoms with Gasteiger partial charge in [-0.25, -0.2) is 0 Å². The van der Waals surface area contributed by atoms with Crippen molar-refractivity contribution in [3.63, 3.8) is 0 Å². The highest BCUT2D eigenvalue weighted by atomic mass is 28.4. The number of pyridine rings is 4. The molecule has 4 heterocycles. The van der Waals surface area contributed by atoms with E-state index in [9.17, 15) is 19.2 Å². The van der Waals surface area contributed by atoms with Crippen molar-refractivity contribution in [1.82, 2.24) is 19.9 Å². The van der Waals surface area contributed by atoms with Gasteiger partial charge in [-0.05, 0) is 133 Å². The van der Waals surface area contributed by atoms with Crippen LogP contribution in [0.4, 0.5) is 0 Å². The summed E-state index contributed by atoms with van der Waals surface area (Å²) in [7, 11) is -11.5. The minimum atomic E-state index is -2.88. The second kappa shape index (κ2) is 37.6. The van der Waals surface area contributed by atoms with E-state index in [0.717, 1.165) is 62.2 Å². The summed E-state index contributed by atoms with van der Waals surface area (Å²) < 4.78 is 0. The monoisotopic (exact) mass is 1420 g/mol. The molecule has 0 aliphatic carbocycles. The van der Waals surface area contributed by atoms with Gasteiger partial charge in [0, 0.05) is 49.6 Å². The Labute approximate surface area is 614 Å². The summed E-state index contributed by atoms with van der Waals surface area (Å²) in [5, 5.41) is 12.1. The molecule has 0 saturated heterocycles. The molecule has 4 N–H and O–H groups in total. The van der Waals surface area contributed by atoms with Gasteiger partial charge in [0.1, 0.15) is 0 Å². The fraction of sp³-hybridized carbons (Fsp3) is 0. The molecule has 16 aromatic rings.